The number of halogens is 1. The summed E-state index contributed by atoms with van der Waals surface area (Å²) in [6, 6.07) is 8.80. The van der Waals surface area contributed by atoms with Crippen LogP contribution in [0.4, 0.5) is 0 Å². The van der Waals surface area contributed by atoms with Gasteiger partial charge in [-0.3, -0.25) is 4.99 Å². The van der Waals surface area contributed by atoms with Crippen LogP contribution in [-0.4, -0.2) is 63.5 Å². The van der Waals surface area contributed by atoms with Gasteiger partial charge in [0.25, 0.3) is 0 Å². The Bertz CT molecular complexity index is 641. The van der Waals surface area contributed by atoms with Crippen LogP contribution in [0.15, 0.2) is 29.3 Å². The van der Waals surface area contributed by atoms with Crippen molar-refractivity contribution < 1.29 is 9.47 Å². The number of hydrogen-bond donors (Lipinski definition) is 1. The van der Waals surface area contributed by atoms with Gasteiger partial charge in [0, 0.05) is 45.4 Å². The maximum Gasteiger partial charge on any atom is 0.193 e. The van der Waals surface area contributed by atoms with Crippen LogP contribution in [0.1, 0.15) is 50.2 Å². The van der Waals surface area contributed by atoms with Crippen molar-refractivity contribution in [3.05, 3.63) is 35.4 Å². The normalized spacial score (nSPS) is 19.0. The summed E-state index contributed by atoms with van der Waals surface area (Å²) in [5.74, 6) is 1.07. The van der Waals surface area contributed by atoms with E-state index in [4.69, 9.17) is 14.5 Å². The molecule has 0 radical (unpaired) electrons. The van der Waals surface area contributed by atoms with Crippen molar-refractivity contribution in [3.8, 4) is 0 Å². The van der Waals surface area contributed by atoms with E-state index in [0.717, 1.165) is 64.6 Å². The molecule has 1 saturated carbocycles. The Morgan fingerprint density at radius 1 is 1.21 bits per heavy atom. The number of benzene rings is 1. The van der Waals surface area contributed by atoms with E-state index in [1.807, 2.05) is 0 Å². The Balaban J connectivity index is 0.00000300. The van der Waals surface area contributed by atoms with Crippen molar-refractivity contribution in [1.82, 2.24) is 10.2 Å². The first kappa shape index (κ1) is 24.4. The number of piperidine rings is 1. The number of aryl methyl sites for hydroxylation is 1. The van der Waals surface area contributed by atoms with Crippen LogP contribution in [-0.2, 0) is 14.9 Å². The number of methoxy groups -OCH3 is 1. The van der Waals surface area contributed by atoms with E-state index in [9.17, 15) is 0 Å². The molecule has 164 valence electrons. The number of nitrogens with zero attached hydrogens (tertiary/aromatic N) is 2. The van der Waals surface area contributed by atoms with Gasteiger partial charge >= 0.3 is 0 Å². The summed E-state index contributed by atoms with van der Waals surface area (Å²) in [7, 11) is 1.74. The molecule has 1 N–H and O–H groups in total. The van der Waals surface area contributed by atoms with Gasteiger partial charge in [-0.15, -0.1) is 24.0 Å². The number of guanidine groups is 1. The molecule has 1 aliphatic carbocycles. The Kier molecular flexibility index (Phi) is 10.2. The van der Waals surface area contributed by atoms with Gasteiger partial charge < -0.3 is 19.7 Å². The Morgan fingerprint density at radius 2 is 1.93 bits per heavy atom. The molecule has 1 aromatic rings. The van der Waals surface area contributed by atoms with Crippen molar-refractivity contribution in [2.75, 3.05) is 46.5 Å². The topological polar surface area (TPSA) is 46.1 Å². The zero-order valence-corrected chi connectivity index (χ0v) is 20.6. The highest BCUT2D eigenvalue weighted by molar-refractivity contribution is 14.0. The summed E-state index contributed by atoms with van der Waals surface area (Å²) in [6.45, 7) is 9.76. The number of rotatable bonds is 9. The summed E-state index contributed by atoms with van der Waals surface area (Å²) in [6.07, 6.45) is 5.98. The summed E-state index contributed by atoms with van der Waals surface area (Å²) in [5.41, 5.74) is 3.14. The highest BCUT2D eigenvalue weighted by Crippen LogP contribution is 2.49. The molecule has 0 unspecified atom stereocenters. The summed E-state index contributed by atoms with van der Waals surface area (Å²) in [4.78, 5) is 7.48. The molecule has 1 aromatic carbocycles. The summed E-state index contributed by atoms with van der Waals surface area (Å²) >= 11 is 0. The van der Waals surface area contributed by atoms with Gasteiger partial charge in [0.05, 0.1) is 12.6 Å². The van der Waals surface area contributed by atoms with E-state index in [0.29, 0.717) is 6.10 Å². The minimum atomic E-state index is 0. The van der Waals surface area contributed by atoms with Crippen molar-refractivity contribution in [1.29, 1.82) is 0 Å². The van der Waals surface area contributed by atoms with Crippen LogP contribution in [0.5, 0.6) is 0 Å². The molecule has 6 heteroatoms. The molecular formula is C23H38IN3O2. The molecule has 0 amide bonds. The van der Waals surface area contributed by atoms with Crippen molar-refractivity contribution in [3.63, 3.8) is 0 Å². The third-order valence-corrected chi connectivity index (χ3v) is 6.02. The van der Waals surface area contributed by atoms with Gasteiger partial charge in [0.1, 0.15) is 0 Å². The van der Waals surface area contributed by atoms with Gasteiger partial charge in [-0.25, -0.2) is 0 Å². The van der Waals surface area contributed by atoms with Crippen LogP contribution < -0.4 is 5.32 Å². The number of ether oxygens (including phenoxy) is 2. The molecule has 0 aromatic heterocycles. The average Bonchev–Trinajstić information content (AvgIpc) is 3.50. The molecular weight excluding hydrogens is 477 g/mol. The zero-order chi connectivity index (χ0) is 19.8. The third-order valence-electron chi connectivity index (χ3n) is 6.02. The van der Waals surface area contributed by atoms with Crippen LogP contribution in [0, 0.1) is 6.92 Å². The molecule has 29 heavy (non-hydrogen) atoms. The monoisotopic (exact) mass is 515 g/mol. The molecule has 0 spiro atoms. The third kappa shape index (κ3) is 6.82. The Morgan fingerprint density at radius 3 is 2.55 bits per heavy atom. The molecule has 1 heterocycles. The lowest BCUT2D eigenvalue weighted by Crippen LogP contribution is -2.47. The molecule has 2 aliphatic rings. The first-order valence-corrected chi connectivity index (χ1v) is 10.9. The largest absolute Gasteiger partial charge is 0.385 e. The SMILES string of the molecule is CCNC(=NCC1(c2ccccc2C)CC1)N1CCC(OCCCOC)CC1.I. The van der Waals surface area contributed by atoms with Gasteiger partial charge in [0.2, 0.25) is 0 Å². The van der Waals surface area contributed by atoms with Crippen LogP contribution >= 0.6 is 24.0 Å². The van der Waals surface area contributed by atoms with E-state index in [1.165, 1.54) is 24.0 Å². The molecule has 1 saturated heterocycles. The lowest BCUT2D eigenvalue weighted by molar-refractivity contribution is 0.00990. The fourth-order valence-electron chi connectivity index (χ4n) is 4.17. The van der Waals surface area contributed by atoms with Crippen LogP contribution in [0.25, 0.3) is 0 Å². The molecule has 0 atom stereocenters. The Hall–Kier alpha value is -0.860. The van der Waals surface area contributed by atoms with Crippen molar-refractivity contribution in [2.24, 2.45) is 4.99 Å². The van der Waals surface area contributed by atoms with Gasteiger partial charge in [-0.05, 0) is 57.1 Å². The average molecular weight is 515 g/mol. The van der Waals surface area contributed by atoms with Crippen molar-refractivity contribution in [2.45, 2.75) is 57.5 Å². The maximum atomic E-state index is 6.00. The first-order chi connectivity index (χ1) is 13.7. The molecule has 3 rings (SSSR count). The van der Waals surface area contributed by atoms with Crippen LogP contribution in [0.2, 0.25) is 0 Å². The second-order valence-corrected chi connectivity index (χ2v) is 8.17. The maximum absolute atomic E-state index is 6.00. The van der Waals surface area contributed by atoms with E-state index in [2.05, 4.69) is 48.3 Å². The molecule has 0 bridgehead atoms. The molecule has 5 nitrogen and oxygen atoms in total. The number of aliphatic imine (C=N–C) groups is 1. The standard InChI is InChI=1S/C23H37N3O2.HI/c1-4-24-22(26-14-10-20(11-15-26)28-17-7-16-27-3)25-18-23(12-13-23)21-9-6-5-8-19(21)2;/h5-6,8-9,20H,4,7,10-18H2,1-3H3,(H,24,25);1H. The van der Waals surface area contributed by atoms with Gasteiger partial charge in [0.15, 0.2) is 5.96 Å². The lowest BCUT2D eigenvalue weighted by atomic mass is 9.92. The highest BCUT2D eigenvalue weighted by Gasteiger charge is 2.45. The van der Waals surface area contributed by atoms with Crippen LogP contribution in [0.3, 0.4) is 0 Å². The second-order valence-electron chi connectivity index (χ2n) is 8.17. The van der Waals surface area contributed by atoms with E-state index in [1.54, 1.807) is 7.11 Å². The smallest absolute Gasteiger partial charge is 0.193 e. The number of likely N-dealkylation sites (tertiary alicyclic amines) is 1. The Labute approximate surface area is 193 Å². The first-order valence-electron chi connectivity index (χ1n) is 10.9. The fraction of sp³-hybridized carbons (Fsp3) is 0.696. The number of hydrogen-bond acceptors (Lipinski definition) is 3. The van der Waals surface area contributed by atoms with E-state index >= 15 is 0 Å². The minimum Gasteiger partial charge on any atom is -0.385 e. The summed E-state index contributed by atoms with van der Waals surface area (Å²) in [5, 5.41) is 3.51. The quantitative estimate of drug-likeness (QED) is 0.233. The minimum absolute atomic E-state index is 0. The highest BCUT2D eigenvalue weighted by atomic mass is 127. The summed E-state index contributed by atoms with van der Waals surface area (Å²) < 4.78 is 11.1. The predicted octanol–water partition coefficient (Wildman–Crippen LogP) is 4.13. The van der Waals surface area contributed by atoms with Gasteiger partial charge in [-0.1, -0.05) is 24.3 Å². The lowest BCUT2D eigenvalue weighted by Gasteiger charge is -2.34. The van der Waals surface area contributed by atoms with E-state index in [-0.39, 0.29) is 29.4 Å². The van der Waals surface area contributed by atoms with Gasteiger partial charge in [-0.2, -0.15) is 0 Å². The molecule has 2 fully saturated rings. The number of nitrogens with one attached hydrogen (secondary N) is 1. The van der Waals surface area contributed by atoms with E-state index < -0.39 is 0 Å². The predicted molar refractivity (Wildman–Crippen MR) is 131 cm³/mol. The second kappa shape index (κ2) is 12.1. The fourth-order valence-corrected chi connectivity index (χ4v) is 4.17. The van der Waals surface area contributed by atoms with Crippen molar-refractivity contribution >= 4 is 29.9 Å². The zero-order valence-electron chi connectivity index (χ0n) is 18.3. The molecule has 1 aliphatic heterocycles.